The third-order valence-electron chi connectivity index (χ3n) is 1.17. The molecule has 0 radical (unpaired) electrons. The van der Waals surface area contributed by atoms with Gasteiger partial charge in [-0.15, -0.1) is 0 Å². The van der Waals surface area contributed by atoms with Crippen molar-refractivity contribution in [1.29, 1.82) is 0 Å². The molecule has 0 aromatic carbocycles. The third-order valence-corrected chi connectivity index (χ3v) is 1.17. The van der Waals surface area contributed by atoms with Crippen molar-refractivity contribution in [2.45, 2.75) is 39.7 Å². The predicted molar refractivity (Wildman–Crippen MR) is 37.2 cm³/mol. The molecule has 0 aliphatic heterocycles. The first-order chi connectivity index (χ1) is 4.70. The van der Waals surface area contributed by atoms with E-state index in [2.05, 4.69) is 4.89 Å². The van der Waals surface area contributed by atoms with Crippen LogP contribution in [0, 0.1) is 0 Å². The van der Waals surface area contributed by atoms with Crippen LogP contribution in [-0.4, -0.2) is 12.1 Å². The molecule has 60 valence electrons. The minimum absolute atomic E-state index is 0.00417. The fourth-order valence-electron chi connectivity index (χ4n) is 0.263. The van der Waals surface area contributed by atoms with Crippen molar-refractivity contribution in [3.8, 4) is 0 Å². The van der Waals surface area contributed by atoms with Gasteiger partial charge in [0.05, 0.1) is 0 Å². The molecule has 3 nitrogen and oxygen atoms in total. The molecule has 0 fully saturated rings. The summed E-state index contributed by atoms with van der Waals surface area (Å²) < 4.78 is 0. The Labute approximate surface area is 61.2 Å². The average Bonchev–Trinajstić information content (AvgIpc) is 1.99. The maximum Gasteiger partial charge on any atom is 0.342 e. The van der Waals surface area contributed by atoms with Crippen molar-refractivity contribution in [1.82, 2.24) is 0 Å². The van der Waals surface area contributed by atoms with E-state index in [4.69, 9.17) is 4.89 Å². The highest BCUT2D eigenvalue weighted by Gasteiger charge is 2.03. The molecule has 0 N–H and O–H groups in total. The lowest BCUT2D eigenvalue weighted by Crippen LogP contribution is -2.11. The number of carbonyl (C=O) groups excluding carboxylic acids is 1. The number of rotatable bonds is 4. The van der Waals surface area contributed by atoms with Crippen molar-refractivity contribution in [3.63, 3.8) is 0 Å². The second kappa shape index (κ2) is 5.23. The van der Waals surface area contributed by atoms with Gasteiger partial charge in [0.25, 0.3) is 0 Å². The van der Waals surface area contributed by atoms with Crippen LogP contribution in [-0.2, 0) is 14.6 Å². The molecule has 1 atom stereocenters. The standard InChI is InChI=1S/C7H14O3/c1-4-6(3)9-10-7(8)5-2/h6H,4-5H2,1-3H3. The van der Waals surface area contributed by atoms with Crippen molar-refractivity contribution in [2.75, 3.05) is 0 Å². The molecule has 0 saturated heterocycles. The molecule has 1 unspecified atom stereocenters. The number of hydrogen-bond donors (Lipinski definition) is 0. The summed E-state index contributed by atoms with van der Waals surface area (Å²) >= 11 is 0. The molecule has 0 rings (SSSR count). The van der Waals surface area contributed by atoms with Crippen molar-refractivity contribution in [3.05, 3.63) is 0 Å². The zero-order valence-corrected chi connectivity index (χ0v) is 6.72. The maximum absolute atomic E-state index is 10.5. The van der Waals surface area contributed by atoms with E-state index >= 15 is 0 Å². The van der Waals surface area contributed by atoms with Gasteiger partial charge in [0, 0.05) is 6.42 Å². The number of hydrogen-bond acceptors (Lipinski definition) is 3. The van der Waals surface area contributed by atoms with E-state index in [1.165, 1.54) is 0 Å². The normalized spacial score (nSPS) is 12.7. The van der Waals surface area contributed by atoms with Crippen LogP contribution in [0.4, 0.5) is 0 Å². The molecule has 0 heterocycles. The third kappa shape index (κ3) is 4.32. The van der Waals surface area contributed by atoms with Gasteiger partial charge < -0.3 is 0 Å². The lowest BCUT2D eigenvalue weighted by atomic mass is 10.3. The van der Waals surface area contributed by atoms with Crippen LogP contribution in [0.15, 0.2) is 0 Å². The molecule has 0 aliphatic carbocycles. The zero-order valence-electron chi connectivity index (χ0n) is 6.72. The van der Waals surface area contributed by atoms with Gasteiger partial charge in [-0.3, -0.25) is 4.89 Å². The Morgan fingerprint density at radius 1 is 1.50 bits per heavy atom. The monoisotopic (exact) mass is 146 g/mol. The molecule has 0 spiro atoms. The summed E-state index contributed by atoms with van der Waals surface area (Å²) in [4.78, 5) is 19.6. The van der Waals surface area contributed by atoms with E-state index in [1.807, 2.05) is 13.8 Å². The van der Waals surface area contributed by atoms with Crippen LogP contribution in [0.5, 0.6) is 0 Å². The van der Waals surface area contributed by atoms with E-state index in [9.17, 15) is 4.79 Å². The van der Waals surface area contributed by atoms with Crippen LogP contribution < -0.4 is 0 Å². The van der Waals surface area contributed by atoms with Crippen LogP contribution in [0.2, 0.25) is 0 Å². The summed E-state index contributed by atoms with van der Waals surface area (Å²) in [6.45, 7) is 5.54. The Morgan fingerprint density at radius 2 is 2.10 bits per heavy atom. The highest BCUT2D eigenvalue weighted by molar-refractivity contribution is 5.68. The Kier molecular flexibility index (Phi) is 4.94. The topological polar surface area (TPSA) is 35.5 Å². The lowest BCUT2D eigenvalue weighted by Gasteiger charge is -2.06. The van der Waals surface area contributed by atoms with Gasteiger partial charge in [0.1, 0.15) is 6.10 Å². The predicted octanol–water partition coefficient (Wildman–Crippen LogP) is 1.67. The quantitative estimate of drug-likeness (QED) is 0.447. The lowest BCUT2D eigenvalue weighted by molar-refractivity contribution is -0.294. The SMILES string of the molecule is CCC(=O)OOC(C)CC. The summed E-state index contributed by atoms with van der Waals surface area (Å²) in [6, 6.07) is 0. The number of carbonyl (C=O) groups is 1. The van der Waals surface area contributed by atoms with Gasteiger partial charge >= 0.3 is 5.97 Å². The summed E-state index contributed by atoms with van der Waals surface area (Å²) in [7, 11) is 0. The van der Waals surface area contributed by atoms with Gasteiger partial charge in [-0.1, -0.05) is 13.8 Å². The van der Waals surface area contributed by atoms with Crippen molar-refractivity contribution < 1.29 is 14.6 Å². The molecular weight excluding hydrogens is 132 g/mol. The summed E-state index contributed by atoms with van der Waals surface area (Å²) in [6.07, 6.45) is 1.20. The average molecular weight is 146 g/mol. The molecule has 10 heavy (non-hydrogen) atoms. The smallest absolute Gasteiger partial charge is 0.298 e. The Morgan fingerprint density at radius 3 is 2.50 bits per heavy atom. The highest BCUT2D eigenvalue weighted by atomic mass is 17.2. The van der Waals surface area contributed by atoms with Crippen LogP contribution in [0.25, 0.3) is 0 Å². The summed E-state index contributed by atoms with van der Waals surface area (Å²) in [5, 5.41) is 0. The second-order valence-corrected chi connectivity index (χ2v) is 2.12. The molecule has 0 saturated carbocycles. The van der Waals surface area contributed by atoms with E-state index < -0.39 is 0 Å². The first kappa shape index (κ1) is 9.43. The van der Waals surface area contributed by atoms with Gasteiger partial charge in [0.2, 0.25) is 0 Å². The van der Waals surface area contributed by atoms with Crippen molar-refractivity contribution in [2.24, 2.45) is 0 Å². The minimum Gasteiger partial charge on any atom is -0.298 e. The summed E-state index contributed by atoms with van der Waals surface area (Å²) in [5.74, 6) is -0.319. The Balaban J connectivity index is 3.26. The molecule has 3 heteroatoms. The van der Waals surface area contributed by atoms with Gasteiger partial charge in [-0.05, 0) is 13.3 Å². The van der Waals surface area contributed by atoms with Crippen LogP contribution >= 0.6 is 0 Å². The van der Waals surface area contributed by atoms with Crippen molar-refractivity contribution >= 4 is 5.97 Å². The molecule has 0 bridgehead atoms. The minimum atomic E-state index is -0.319. The molecule has 0 aromatic rings. The Hall–Kier alpha value is -0.570. The fraction of sp³-hybridized carbons (Fsp3) is 0.857. The van der Waals surface area contributed by atoms with Crippen LogP contribution in [0.1, 0.15) is 33.6 Å². The Bertz CT molecular complexity index is 101. The summed E-state index contributed by atoms with van der Waals surface area (Å²) in [5.41, 5.74) is 0. The van der Waals surface area contributed by atoms with E-state index in [0.29, 0.717) is 6.42 Å². The fourth-order valence-corrected chi connectivity index (χ4v) is 0.263. The van der Waals surface area contributed by atoms with E-state index in [0.717, 1.165) is 6.42 Å². The molecular formula is C7H14O3. The molecule has 0 aromatic heterocycles. The maximum atomic E-state index is 10.5. The largest absolute Gasteiger partial charge is 0.342 e. The van der Waals surface area contributed by atoms with Gasteiger partial charge in [-0.2, -0.15) is 4.89 Å². The first-order valence-electron chi connectivity index (χ1n) is 3.56. The zero-order chi connectivity index (χ0) is 7.98. The van der Waals surface area contributed by atoms with E-state index in [-0.39, 0.29) is 12.1 Å². The molecule has 0 aliphatic rings. The first-order valence-corrected chi connectivity index (χ1v) is 3.56. The molecule has 0 amide bonds. The van der Waals surface area contributed by atoms with Crippen LogP contribution in [0.3, 0.4) is 0 Å². The highest BCUT2D eigenvalue weighted by Crippen LogP contribution is 1.97. The van der Waals surface area contributed by atoms with E-state index in [1.54, 1.807) is 6.92 Å². The second-order valence-electron chi connectivity index (χ2n) is 2.12. The van der Waals surface area contributed by atoms with Gasteiger partial charge in [0.15, 0.2) is 0 Å². The van der Waals surface area contributed by atoms with Gasteiger partial charge in [-0.25, -0.2) is 4.79 Å².